The third-order valence-corrected chi connectivity index (χ3v) is 3.29. The standard InChI is InChI=1S/C17H25N3O/c1-12-6-7-15(21-5)13(10-12)14-11-18-16(20-14)8-9-19-17(2,3)4/h6-7,10-11,19H,8-9H2,1-5H3,(H,18,20). The second kappa shape index (κ2) is 6.31. The van der Waals surface area contributed by atoms with Crippen molar-refractivity contribution in [1.29, 1.82) is 0 Å². The van der Waals surface area contributed by atoms with Gasteiger partial charge < -0.3 is 15.0 Å². The van der Waals surface area contributed by atoms with E-state index in [1.165, 1.54) is 5.56 Å². The van der Waals surface area contributed by atoms with Crippen LogP contribution in [0, 0.1) is 6.92 Å². The quantitative estimate of drug-likeness (QED) is 0.887. The Hall–Kier alpha value is -1.81. The number of nitrogens with zero attached hydrogens (tertiary/aromatic N) is 1. The molecule has 4 nitrogen and oxygen atoms in total. The summed E-state index contributed by atoms with van der Waals surface area (Å²) in [5.41, 5.74) is 3.40. The van der Waals surface area contributed by atoms with Gasteiger partial charge in [0.1, 0.15) is 11.6 Å². The fourth-order valence-electron chi connectivity index (χ4n) is 2.21. The zero-order valence-electron chi connectivity index (χ0n) is 13.6. The number of aromatic nitrogens is 2. The van der Waals surface area contributed by atoms with Gasteiger partial charge in [0, 0.05) is 24.1 Å². The van der Waals surface area contributed by atoms with Crippen LogP contribution in [0.2, 0.25) is 0 Å². The van der Waals surface area contributed by atoms with Crippen molar-refractivity contribution in [3.05, 3.63) is 35.8 Å². The summed E-state index contributed by atoms with van der Waals surface area (Å²) in [6.45, 7) is 9.48. The highest BCUT2D eigenvalue weighted by Crippen LogP contribution is 2.29. The molecule has 21 heavy (non-hydrogen) atoms. The summed E-state index contributed by atoms with van der Waals surface area (Å²) in [5, 5.41) is 3.47. The van der Waals surface area contributed by atoms with E-state index in [9.17, 15) is 0 Å². The number of benzene rings is 1. The van der Waals surface area contributed by atoms with Crippen LogP contribution in [-0.4, -0.2) is 29.2 Å². The third-order valence-electron chi connectivity index (χ3n) is 3.29. The van der Waals surface area contributed by atoms with E-state index in [1.54, 1.807) is 7.11 Å². The van der Waals surface area contributed by atoms with Gasteiger partial charge in [0.05, 0.1) is 19.0 Å². The van der Waals surface area contributed by atoms with E-state index >= 15 is 0 Å². The van der Waals surface area contributed by atoms with E-state index in [0.717, 1.165) is 35.8 Å². The Morgan fingerprint density at radius 3 is 2.71 bits per heavy atom. The first-order chi connectivity index (χ1) is 9.89. The molecule has 0 aliphatic heterocycles. The van der Waals surface area contributed by atoms with Crippen LogP contribution in [0.5, 0.6) is 5.75 Å². The molecular weight excluding hydrogens is 262 g/mol. The summed E-state index contributed by atoms with van der Waals surface area (Å²) in [6.07, 6.45) is 2.76. The van der Waals surface area contributed by atoms with Crippen molar-refractivity contribution in [2.24, 2.45) is 0 Å². The molecule has 0 radical (unpaired) electrons. The van der Waals surface area contributed by atoms with Gasteiger partial charge >= 0.3 is 0 Å². The summed E-state index contributed by atoms with van der Waals surface area (Å²) in [6, 6.07) is 6.16. The zero-order valence-corrected chi connectivity index (χ0v) is 13.6. The van der Waals surface area contributed by atoms with Crippen LogP contribution in [0.4, 0.5) is 0 Å². The van der Waals surface area contributed by atoms with Crippen LogP contribution in [0.15, 0.2) is 24.4 Å². The highest BCUT2D eigenvalue weighted by molar-refractivity contribution is 5.67. The maximum Gasteiger partial charge on any atom is 0.128 e. The lowest BCUT2D eigenvalue weighted by Crippen LogP contribution is -2.37. The summed E-state index contributed by atoms with van der Waals surface area (Å²) in [7, 11) is 1.69. The maximum atomic E-state index is 5.43. The number of H-pyrrole nitrogens is 1. The Labute approximate surface area is 127 Å². The summed E-state index contributed by atoms with van der Waals surface area (Å²) < 4.78 is 5.43. The fraction of sp³-hybridized carbons (Fsp3) is 0.471. The molecule has 1 aromatic carbocycles. The minimum Gasteiger partial charge on any atom is -0.496 e. The lowest BCUT2D eigenvalue weighted by molar-refractivity contribution is 0.416. The van der Waals surface area contributed by atoms with Crippen LogP contribution >= 0.6 is 0 Å². The van der Waals surface area contributed by atoms with Crippen LogP contribution in [-0.2, 0) is 6.42 Å². The average molecular weight is 287 g/mol. The Morgan fingerprint density at radius 1 is 1.29 bits per heavy atom. The van der Waals surface area contributed by atoms with Gasteiger partial charge in [-0.15, -0.1) is 0 Å². The topological polar surface area (TPSA) is 49.9 Å². The molecule has 0 amide bonds. The molecule has 0 atom stereocenters. The third kappa shape index (κ3) is 4.33. The minimum atomic E-state index is 0.134. The van der Waals surface area contributed by atoms with E-state index in [1.807, 2.05) is 18.3 Å². The Morgan fingerprint density at radius 2 is 2.05 bits per heavy atom. The molecule has 0 spiro atoms. The lowest BCUT2D eigenvalue weighted by Gasteiger charge is -2.19. The zero-order chi connectivity index (χ0) is 15.5. The van der Waals surface area contributed by atoms with Crippen molar-refractivity contribution in [2.75, 3.05) is 13.7 Å². The molecule has 0 aliphatic rings. The number of hydrogen-bond donors (Lipinski definition) is 2. The summed E-state index contributed by atoms with van der Waals surface area (Å²) >= 11 is 0. The number of hydrogen-bond acceptors (Lipinski definition) is 3. The monoisotopic (exact) mass is 287 g/mol. The van der Waals surface area contributed by atoms with E-state index < -0.39 is 0 Å². The molecule has 1 heterocycles. The molecule has 114 valence electrons. The summed E-state index contributed by atoms with van der Waals surface area (Å²) in [4.78, 5) is 7.85. The average Bonchev–Trinajstić information content (AvgIpc) is 2.86. The van der Waals surface area contributed by atoms with Crippen molar-refractivity contribution >= 4 is 0 Å². The molecule has 0 saturated carbocycles. The van der Waals surface area contributed by atoms with Gasteiger partial charge in [0.2, 0.25) is 0 Å². The molecule has 0 unspecified atom stereocenters. The number of imidazole rings is 1. The maximum absolute atomic E-state index is 5.43. The second-order valence-electron chi connectivity index (χ2n) is 6.37. The van der Waals surface area contributed by atoms with Crippen LogP contribution < -0.4 is 10.1 Å². The van der Waals surface area contributed by atoms with Crippen LogP contribution in [0.25, 0.3) is 11.3 Å². The van der Waals surface area contributed by atoms with E-state index in [-0.39, 0.29) is 5.54 Å². The molecule has 4 heteroatoms. The first-order valence-electron chi connectivity index (χ1n) is 7.33. The Bertz CT molecular complexity index is 596. The Balaban J connectivity index is 2.11. The number of rotatable bonds is 5. The second-order valence-corrected chi connectivity index (χ2v) is 6.37. The van der Waals surface area contributed by atoms with Gasteiger partial charge in [-0.3, -0.25) is 0 Å². The van der Waals surface area contributed by atoms with Crippen molar-refractivity contribution in [3.8, 4) is 17.0 Å². The molecule has 2 aromatic rings. The van der Waals surface area contributed by atoms with Crippen LogP contribution in [0.3, 0.4) is 0 Å². The predicted molar refractivity (Wildman–Crippen MR) is 86.8 cm³/mol. The van der Waals surface area contributed by atoms with Gasteiger partial charge in [-0.25, -0.2) is 4.98 Å². The fourth-order valence-corrected chi connectivity index (χ4v) is 2.21. The van der Waals surface area contributed by atoms with Gasteiger partial charge in [-0.1, -0.05) is 11.6 Å². The lowest BCUT2D eigenvalue weighted by atomic mass is 10.1. The molecule has 0 saturated heterocycles. The summed E-state index contributed by atoms with van der Waals surface area (Å²) in [5.74, 6) is 1.86. The number of methoxy groups -OCH3 is 1. The van der Waals surface area contributed by atoms with E-state index in [2.05, 4.69) is 49.0 Å². The SMILES string of the molecule is COc1ccc(C)cc1-c1cnc(CCNC(C)(C)C)[nH]1. The molecule has 2 rings (SSSR count). The van der Waals surface area contributed by atoms with Crippen molar-refractivity contribution < 1.29 is 4.74 Å². The van der Waals surface area contributed by atoms with Gasteiger partial charge in [0.25, 0.3) is 0 Å². The highest BCUT2D eigenvalue weighted by Gasteiger charge is 2.11. The number of aromatic amines is 1. The van der Waals surface area contributed by atoms with E-state index in [4.69, 9.17) is 4.74 Å². The molecule has 0 aliphatic carbocycles. The van der Waals surface area contributed by atoms with Crippen molar-refractivity contribution in [2.45, 2.75) is 39.7 Å². The van der Waals surface area contributed by atoms with Crippen LogP contribution in [0.1, 0.15) is 32.2 Å². The first-order valence-corrected chi connectivity index (χ1v) is 7.33. The number of nitrogens with one attached hydrogen (secondary N) is 2. The molecule has 0 fully saturated rings. The molecule has 1 aromatic heterocycles. The number of ether oxygens (including phenoxy) is 1. The minimum absolute atomic E-state index is 0.134. The predicted octanol–water partition coefficient (Wildman–Crippen LogP) is 3.32. The van der Waals surface area contributed by atoms with Crippen molar-refractivity contribution in [3.63, 3.8) is 0 Å². The first kappa shape index (κ1) is 15.6. The Kier molecular flexibility index (Phi) is 4.68. The largest absolute Gasteiger partial charge is 0.496 e. The molecular formula is C17H25N3O. The smallest absolute Gasteiger partial charge is 0.128 e. The van der Waals surface area contributed by atoms with Gasteiger partial charge in [-0.05, 0) is 39.8 Å². The molecule has 0 bridgehead atoms. The highest BCUT2D eigenvalue weighted by atomic mass is 16.5. The van der Waals surface area contributed by atoms with Crippen molar-refractivity contribution in [1.82, 2.24) is 15.3 Å². The number of aryl methyl sites for hydroxylation is 1. The van der Waals surface area contributed by atoms with Gasteiger partial charge in [0.15, 0.2) is 0 Å². The molecule has 2 N–H and O–H groups in total. The normalized spacial score (nSPS) is 11.7. The van der Waals surface area contributed by atoms with E-state index in [0.29, 0.717) is 0 Å². The van der Waals surface area contributed by atoms with Gasteiger partial charge in [-0.2, -0.15) is 0 Å².